The predicted octanol–water partition coefficient (Wildman–Crippen LogP) is 0.832. The molecule has 0 saturated carbocycles. The number of rotatable bonds is 3. The minimum absolute atomic E-state index is 0.0768. The van der Waals surface area contributed by atoms with Crippen LogP contribution in [0.25, 0.3) is 10.8 Å². The van der Waals surface area contributed by atoms with Gasteiger partial charge in [-0.15, -0.1) is 0 Å². The highest BCUT2D eigenvalue weighted by atomic mass is 16.5. The molecule has 6 nitrogen and oxygen atoms in total. The van der Waals surface area contributed by atoms with Crippen molar-refractivity contribution in [2.45, 2.75) is 18.9 Å². The lowest BCUT2D eigenvalue weighted by Crippen LogP contribution is -2.33. The van der Waals surface area contributed by atoms with Crippen LogP contribution in [0.2, 0.25) is 0 Å². The lowest BCUT2D eigenvalue weighted by atomic mass is 10.1. The normalized spacial score (nSPS) is 18.3. The van der Waals surface area contributed by atoms with Gasteiger partial charge in [0, 0.05) is 18.5 Å². The summed E-state index contributed by atoms with van der Waals surface area (Å²) >= 11 is 0. The van der Waals surface area contributed by atoms with Crippen LogP contribution in [0.1, 0.15) is 23.3 Å². The van der Waals surface area contributed by atoms with Crippen LogP contribution in [0.15, 0.2) is 29.1 Å². The molecule has 1 saturated heterocycles. The first-order valence-electron chi connectivity index (χ1n) is 6.63. The molecule has 20 heavy (non-hydrogen) atoms. The van der Waals surface area contributed by atoms with Crippen molar-refractivity contribution in [2.24, 2.45) is 0 Å². The fourth-order valence-corrected chi connectivity index (χ4v) is 2.38. The van der Waals surface area contributed by atoms with Crippen molar-refractivity contribution in [3.05, 3.63) is 40.3 Å². The van der Waals surface area contributed by atoms with Crippen molar-refractivity contribution in [2.75, 3.05) is 13.2 Å². The lowest BCUT2D eigenvalue weighted by Gasteiger charge is -2.11. The van der Waals surface area contributed by atoms with Crippen LogP contribution in [-0.2, 0) is 4.74 Å². The highest BCUT2D eigenvalue weighted by Gasteiger charge is 2.18. The van der Waals surface area contributed by atoms with E-state index in [0.29, 0.717) is 17.3 Å². The van der Waals surface area contributed by atoms with E-state index >= 15 is 0 Å². The molecule has 2 aromatic rings. The summed E-state index contributed by atoms with van der Waals surface area (Å²) in [6, 6.07) is 6.93. The van der Waals surface area contributed by atoms with E-state index in [1.165, 1.54) is 0 Å². The quantitative estimate of drug-likeness (QED) is 0.867. The van der Waals surface area contributed by atoms with Gasteiger partial charge in [0.15, 0.2) is 5.69 Å². The van der Waals surface area contributed by atoms with E-state index in [4.69, 9.17) is 4.74 Å². The van der Waals surface area contributed by atoms with Crippen molar-refractivity contribution in [1.82, 2.24) is 15.5 Å². The third kappa shape index (κ3) is 2.42. The Morgan fingerprint density at radius 1 is 1.40 bits per heavy atom. The van der Waals surface area contributed by atoms with E-state index in [2.05, 4.69) is 15.5 Å². The van der Waals surface area contributed by atoms with Crippen LogP contribution < -0.4 is 10.9 Å². The summed E-state index contributed by atoms with van der Waals surface area (Å²) in [5, 5.41) is 10.0. The smallest absolute Gasteiger partial charge is 0.272 e. The summed E-state index contributed by atoms with van der Waals surface area (Å²) in [4.78, 5) is 23.8. The van der Waals surface area contributed by atoms with E-state index in [1.807, 2.05) is 0 Å². The first kappa shape index (κ1) is 12.8. The molecule has 1 amide bonds. The molecule has 1 aromatic carbocycles. The molecule has 3 rings (SSSR count). The Balaban J connectivity index is 1.84. The monoisotopic (exact) mass is 273 g/mol. The lowest BCUT2D eigenvalue weighted by molar-refractivity contribution is 0.0854. The van der Waals surface area contributed by atoms with Crippen LogP contribution in [0, 0.1) is 0 Å². The third-order valence-corrected chi connectivity index (χ3v) is 3.43. The molecular formula is C14H15N3O3. The van der Waals surface area contributed by atoms with Gasteiger partial charge in [-0.25, -0.2) is 5.10 Å². The maximum Gasteiger partial charge on any atom is 0.272 e. The average Bonchev–Trinajstić information content (AvgIpc) is 2.99. The maximum atomic E-state index is 12.2. The Labute approximate surface area is 115 Å². The second-order valence-electron chi connectivity index (χ2n) is 4.79. The second-order valence-corrected chi connectivity index (χ2v) is 4.79. The summed E-state index contributed by atoms with van der Waals surface area (Å²) in [5.74, 6) is -0.298. The minimum Gasteiger partial charge on any atom is -0.376 e. The Bertz CT molecular complexity index is 689. The molecule has 1 aliphatic rings. The number of H-pyrrole nitrogens is 1. The van der Waals surface area contributed by atoms with Crippen molar-refractivity contribution in [3.8, 4) is 0 Å². The predicted molar refractivity (Wildman–Crippen MR) is 73.7 cm³/mol. The fourth-order valence-electron chi connectivity index (χ4n) is 2.38. The molecule has 1 atom stereocenters. The van der Waals surface area contributed by atoms with Crippen molar-refractivity contribution in [3.63, 3.8) is 0 Å². The molecule has 104 valence electrons. The molecule has 0 radical (unpaired) electrons. The van der Waals surface area contributed by atoms with Gasteiger partial charge in [-0.05, 0) is 18.9 Å². The summed E-state index contributed by atoms with van der Waals surface area (Å²) < 4.78 is 5.45. The standard InChI is InChI=1S/C14H15N3O3/c18-13-11-6-2-1-5-10(11)12(16-17-13)14(19)15-8-9-4-3-7-20-9/h1-2,5-6,9H,3-4,7-8H2,(H,15,19)(H,17,18). The number of ether oxygens (including phenoxy) is 1. The number of nitrogens with zero attached hydrogens (tertiary/aromatic N) is 1. The highest BCUT2D eigenvalue weighted by molar-refractivity contribution is 6.04. The summed E-state index contributed by atoms with van der Waals surface area (Å²) in [5.41, 5.74) is -0.0607. The third-order valence-electron chi connectivity index (χ3n) is 3.43. The van der Waals surface area contributed by atoms with E-state index < -0.39 is 0 Å². The number of amides is 1. The minimum atomic E-state index is -0.298. The van der Waals surface area contributed by atoms with Crippen LogP contribution >= 0.6 is 0 Å². The van der Waals surface area contributed by atoms with Crippen LogP contribution in [0.4, 0.5) is 0 Å². The van der Waals surface area contributed by atoms with Gasteiger partial charge in [-0.2, -0.15) is 5.10 Å². The largest absolute Gasteiger partial charge is 0.376 e. The summed E-state index contributed by atoms with van der Waals surface area (Å²) in [6.07, 6.45) is 2.06. The van der Waals surface area contributed by atoms with E-state index in [1.54, 1.807) is 24.3 Å². The molecule has 0 aliphatic carbocycles. The molecular weight excluding hydrogens is 258 g/mol. The van der Waals surface area contributed by atoms with E-state index in [0.717, 1.165) is 19.4 Å². The fraction of sp³-hybridized carbons (Fsp3) is 0.357. The van der Waals surface area contributed by atoms with Gasteiger partial charge in [0.05, 0.1) is 11.5 Å². The van der Waals surface area contributed by atoms with Gasteiger partial charge >= 0.3 is 0 Å². The number of benzene rings is 1. The number of aromatic nitrogens is 2. The number of carbonyl (C=O) groups is 1. The SMILES string of the molecule is O=C(NCC1CCCO1)c1n[nH]c(=O)c2ccccc12. The number of hydrogen-bond acceptors (Lipinski definition) is 4. The zero-order chi connectivity index (χ0) is 13.9. The number of fused-ring (bicyclic) bond motifs is 1. The van der Waals surface area contributed by atoms with Gasteiger partial charge < -0.3 is 10.1 Å². The Morgan fingerprint density at radius 3 is 2.95 bits per heavy atom. The second kappa shape index (κ2) is 5.42. The number of hydrogen-bond donors (Lipinski definition) is 2. The van der Waals surface area contributed by atoms with Gasteiger partial charge in [-0.3, -0.25) is 9.59 Å². The van der Waals surface area contributed by atoms with Crippen LogP contribution in [0.3, 0.4) is 0 Å². The number of aromatic amines is 1. The molecule has 1 unspecified atom stereocenters. The highest BCUT2D eigenvalue weighted by Crippen LogP contribution is 2.13. The molecule has 6 heteroatoms. The van der Waals surface area contributed by atoms with Crippen LogP contribution in [0.5, 0.6) is 0 Å². The maximum absolute atomic E-state index is 12.2. The Kier molecular flexibility index (Phi) is 3.47. The van der Waals surface area contributed by atoms with Crippen molar-refractivity contribution < 1.29 is 9.53 Å². The first-order chi connectivity index (χ1) is 9.75. The Hall–Kier alpha value is -2.21. The zero-order valence-electron chi connectivity index (χ0n) is 10.9. The summed E-state index contributed by atoms with van der Waals surface area (Å²) in [7, 11) is 0. The number of nitrogens with one attached hydrogen (secondary N) is 2. The summed E-state index contributed by atoms with van der Waals surface area (Å²) in [6.45, 7) is 1.22. The van der Waals surface area contributed by atoms with Gasteiger partial charge in [0.2, 0.25) is 0 Å². The molecule has 0 spiro atoms. The van der Waals surface area contributed by atoms with Crippen LogP contribution in [-0.4, -0.2) is 35.4 Å². The topological polar surface area (TPSA) is 84.1 Å². The van der Waals surface area contributed by atoms with E-state index in [9.17, 15) is 9.59 Å². The number of carbonyl (C=O) groups excluding carboxylic acids is 1. The zero-order valence-corrected chi connectivity index (χ0v) is 10.9. The van der Waals surface area contributed by atoms with E-state index in [-0.39, 0.29) is 23.3 Å². The average molecular weight is 273 g/mol. The molecule has 0 bridgehead atoms. The molecule has 2 heterocycles. The molecule has 1 aliphatic heterocycles. The molecule has 1 aromatic heterocycles. The van der Waals surface area contributed by atoms with Crippen molar-refractivity contribution >= 4 is 16.7 Å². The van der Waals surface area contributed by atoms with Crippen molar-refractivity contribution in [1.29, 1.82) is 0 Å². The van der Waals surface area contributed by atoms with Gasteiger partial charge in [-0.1, -0.05) is 18.2 Å². The molecule has 2 N–H and O–H groups in total. The first-order valence-corrected chi connectivity index (χ1v) is 6.63. The van der Waals surface area contributed by atoms with Gasteiger partial charge in [0.25, 0.3) is 11.5 Å². The Morgan fingerprint density at radius 2 is 2.20 bits per heavy atom. The van der Waals surface area contributed by atoms with Gasteiger partial charge in [0.1, 0.15) is 0 Å². The molecule has 1 fully saturated rings.